The zero-order chi connectivity index (χ0) is 18.5. The van der Waals surface area contributed by atoms with E-state index >= 15 is 0 Å². The summed E-state index contributed by atoms with van der Waals surface area (Å²) in [6.45, 7) is 1.36. The van der Waals surface area contributed by atoms with Crippen LogP contribution in [0.1, 0.15) is 30.0 Å². The number of hydrogen-bond donors (Lipinski definition) is 1. The van der Waals surface area contributed by atoms with E-state index < -0.39 is 11.6 Å². The summed E-state index contributed by atoms with van der Waals surface area (Å²) in [5.41, 5.74) is 1.36. The van der Waals surface area contributed by atoms with E-state index in [2.05, 4.69) is 15.3 Å². The third-order valence-electron chi connectivity index (χ3n) is 4.37. The van der Waals surface area contributed by atoms with Crippen LogP contribution in [0.5, 0.6) is 0 Å². The highest BCUT2D eigenvalue weighted by atomic mass is 19.2. The molecule has 1 fully saturated rings. The molecule has 1 unspecified atom stereocenters. The van der Waals surface area contributed by atoms with Crippen molar-refractivity contribution >= 4 is 11.8 Å². The smallest absolute Gasteiger partial charge is 0.323 e. The average Bonchev–Trinajstić information content (AvgIpc) is 2.65. The Hall–Kier alpha value is -2.61. The van der Waals surface area contributed by atoms with Gasteiger partial charge in [0, 0.05) is 32.2 Å². The third-order valence-corrected chi connectivity index (χ3v) is 4.37. The predicted octanol–water partition coefficient (Wildman–Crippen LogP) is 3.31. The van der Waals surface area contributed by atoms with E-state index in [0.29, 0.717) is 36.8 Å². The number of nitrogens with zero attached hydrogens (tertiary/aromatic N) is 3. The van der Waals surface area contributed by atoms with Crippen LogP contribution in [-0.4, -0.2) is 41.1 Å². The molecule has 1 atom stereocenters. The second-order valence-corrected chi connectivity index (χ2v) is 6.22. The van der Waals surface area contributed by atoms with Gasteiger partial charge in [-0.15, -0.1) is 0 Å². The van der Waals surface area contributed by atoms with Crippen LogP contribution in [0.2, 0.25) is 0 Å². The number of amides is 2. The Kier molecular flexibility index (Phi) is 5.72. The molecule has 2 heterocycles. The molecule has 1 aromatic carbocycles. The van der Waals surface area contributed by atoms with E-state index in [4.69, 9.17) is 4.74 Å². The average molecular weight is 362 g/mol. The van der Waals surface area contributed by atoms with Crippen LogP contribution in [0.15, 0.2) is 30.6 Å². The van der Waals surface area contributed by atoms with Crippen molar-refractivity contribution in [1.82, 2.24) is 14.9 Å². The van der Waals surface area contributed by atoms with Gasteiger partial charge in [0.2, 0.25) is 0 Å². The largest absolute Gasteiger partial charge is 0.378 e. The predicted molar refractivity (Wildman–Crippen MR) is 91.7 cm³/mol. The topological polar surface area (TPSA) is 67.3 Å². The molecule has 1 aliphatic heterocycles. The van der Waals surface area contributed by atoms with Crippen molar-refractivity contribution in [2.45, 2.75) is 25.4 Å². The van der Waals surface area contributed by atoms with Crippen LogP contribution in [0.25, 0.3) is 0 Å². The number of urea groups is 1. The molecule has 138 valence electrons. The molecule has 1 aliphatic rings. The number of hydrogen-bond acceptors (Lipinski definition) is 4. The second kappa shape index (κ2) is 8.18. The van der Waals surface area contributed by atoms with Crippen molar-refractivity contribution in [3.63, 3.8) is 0 Å². The van der Waals surface area contributed by atoms with Crippen LogP contribution < -0.4 is 5.32 Å². The molecule has 2 aromatic rings. The monoisotopic (exact) mass is 362 g/mol. The molecule has 26 heavy (non-hydrogen) atoms. The van der Waals surface area contributed by atoms with Gasteiger partial charge in [-0.2, -0.15) is 0 Å². The number of aromatic nitrogens is 2. The third kappa shape index (κ3) is 4.32. The minimum absolute atomic E-state index is 0.0287. The van der Waals surface area contributed by atoms with Gasteiger partial charge in [0.1, 0.15) is 12.1 Å². The molecular formula is C18H20F2N4O2. The van der Waals surface area contributed by atoms with E-state index in [1.807, 2.05) is 0 Å². The van der Waals surface area contributed by atoms with Crippen LogP contribution in [0.3, 0.4) is 0 Å². The number of methoxy groups -OCH3 is 1. The van der Waals surface area contributed by atoms with Gasteiger partial charge in [-0.3, -0.25) is 5.32 Å². The first kappa shape index (κ1) is 18.2. The Labute approximate surface area is 150 Å². The van der Waals surface area contributed by atoms with Gasteiger partial charge < -0.3 is 9.64 Å². The Morgan fingerprint density at radius 2 is 2.15 bits per heavy atom. The summed E-state index contributed by atoms with van der Waals surface area (Å²) in [6, 6.07) is 5.29. The standard InChI is InChI=1S/C18H20F2N4O2/c1-26-10-14-8-17(22-11-21-14)23-18(25)24-6-2-3-13(9-24)12-4-5-15(19)16(20)7-12/h4-5,7-8,11,13H,2-3,6,9-10H2,1H3,(H,21,22,23,25). The number of nitrogens with one attached hydrogen (secondary N) is 1. The summed E-state index contributed by atoms with van der Waals surface area (Å²) >= 11 is 0. The Balaban J connectivity index is 1.66. The molecule has 0 radical (unpaired) electrons. The number of likely N-dealkylation sites (tertiary alicyclic amines) is 1. The summed E-state index contributed by atoms with van der Waals surface area (Å²) in [7, 11) is 1.56. The summed E-state index contributed by atoms with van der Waals surface area (Å²) in [6.07, 6.45) is 2.97. The Morgan fingerprint density at radius 1 is 1.31 bits per heavy atom. The van der Waals surface area contributed by atoms with E-state index in [9.17, 15) is 13.6 Å². The van der Waals surface area contributed by atoms with Crippen molar-refractivity contribution in [2.75, 3.05) is 25.5 Å². The quantitative estimate of drug-likeness (QED) is 0.906. The van der Waals surface area contributed by atoms with E-state index in [1.165, 1.54) is 12.4 Å². The maximum Gasteiger partial charge on any atom is 0.323 e. The molecule has 2 amide bonds. The minimum Gasteiger partial charge on any atom is -0.378 e. The molecule has 0 saturated carbocycles. The summed E-state index contributed by atoms with van der Waals surface area (Å²) < 4.78 is 31.6. The maximum absolute atomic E-state index is 13.5. The number of carbonyl (C=O) groups excluding carboxylic acids is 1. The molecule has 0 bridgehead atoms. The first-order valence-electron chi connectivity index (χ1n) is 8.37. The van der Waals surface area contributed by atoms with Gasteiger partial charge in [0.15, 0.2) is 11.6 Å². The van der Waals surface area contributed by atoms with Crippen molar-refractivity contribution in [1.29, 1.82) is 0 Å². The van der Waals surface area contributed by atoms with Gasteiger partial charge in [0.25, 0.3) is 0 Å². The molecular weight excluding hydrogens is 342 g/mol. The number of ether oxygens (including phenoxy) is 1. The fourth-order valence-electron chi connectivity index (χ4n) is 3.08. The van der Waals surface area contributed by atoms with E-state index in [-0.39, 0.29) is 11.9 Å². The van der Waals surface area contributed by atoms with E-state index in [1.54, 1.807) is 24.1 Å². The lowest BCUT2D eigenvalue weighted by molar-refractivity contribution is 0.181. The number of carbonyl (C=O) groups is 1. The number of halogens is 2. The SMILES string of the molecule is COCc1cc(NC(=O)N2CCCC(c3ccc(F)c(F)c3)C2)ncn1. The second-order valence-electron chi connectivity index (χ2n) is 6.22. The highest BCUT2D eigenvalue weighted by Gasteiger charge is 2.25. The Bertz CT molecular complexity index is 788. The molecule has 6 nitrogen and oxygen atoms in total. The lowest BCUT2D eigenvalue weighted by atomic mass is 9.90. The highest BCUT2D eigenvalue weighted by molar-refractivity contribution is 5.88. The fraction of sp³-hybridized carbons (Fsp3) is 0.389. The van der Waals surface area contributed by atoms with Gasteiger partial charge in [-0.05, 0) is 30.5 Å². The molecule has 0 aliphatic carbocycles. The van der Waals surface area contributed by atoms with E-state index in [0.717, 1.165) is 18.9 Å². The molecule has 1 saturated heterocycles. The molecule has 1 N–H and O–H groups in total. The molecule has 0 spiro atoms. The Morgan fingerprint density at radius 3 is 2.92 bits per heavy atom. The normalized spacial score (nSPS) is 17.2. The van der Waals surface area contributed by atoms with Crippen molar-refractivity contribution in [3.05, 3.63) is 53.5 Å². The molecule has 1 aromatic heterocycles. The number of anilines is 1. The molecule has 8 heteroatoms. The highest BCUT2D eigenvalue weighted by Crippen LogP contribution is 2.28. The zero-order valence-electron chi connectivity index (χ0n) is 14.4. The van der Waals surface area contributed by atoms with Crippen molar-refractivity contribution < 1.29 is 18.3 Å². The van der Waals surface area contributed by atoms with Gasteiger partial charge in [-0.1, -0.05) is 6.07 Å². The van der Waals surface area contributed by atoms with Crippen LogP contribution in [0, 0.1) is 11.6 Å². The summed E-state index contributed by atoms with van der Waals surface area (Å²) in [5.74, 6) is -1.36. The van der Waals surface area contributed by atoms with Crippen LogP contribution in [0.4, 0.5) is 19.4 Å². The zero-order valence-corrected chi connectivity index (χ0v) is 14.4. The van der Waals surface area contributed by atoms with Gasteiger partial charge in [-0.25, -0.2) is 23.5 Å². The van der Waals surface area contributed by atoms with Crippen LogP contribution >= 0.6 is 0 Å². The summed E-state index contributed by atoms with van der Waals surface area (Å²) in [4.78, 5) is 22.3. The number of piperidine rings is 1. The lowest BCUT2D eigenvalue weighted by Gasteiger charge is -2.33. The first-order chi connectivity index (χ1) is 12.6. The van der Waals surface area contributed by atoms with Crippen LogP contribution in [-0.2, 0) is 11.3 Å². The van der Waals surface area contributed by atoms with Gasteiger partial charge >= 0.3 is 6.03 Å². The van der Waals surface area contributed by atoms with Crippen molar-refractivity contribution in [3.8, 4) is 0 Å². The first-order valence-corrected chi connectivity index (χ1v) is 8.37. The maximum atomic E-state index is 13.5. The molecule has 3 rings (SSSR count). The summed E-state index contributed by atoms with van der Waals surface area (Å²) in [5, 5.41) is 2.75. The number of benzene rings is 1. The minimum atomic E-state index is -0.866. The van der Waals surface area contributed by atoms with Gasteiger partial charge in [0.05, 0.1) is 12.3 Å². The fourth-order valence-corrected chi connectivity index (χ4v) is 3.08. The lowest BCUT2D eigenvalue weighted by Crippen LogP contribution is -2.41. The van der Waals surface area contributed by atoms with Crippen molar-refractivity contribution in [2.24, 2.45) is 0 Å². The number of rotatable bonds is 4.